The number of nitrogens with zero attached hydrogens (tertiary/aromatic N) is 2. The zero-order chi connectivity index (χ0) is 12.5. The number of rotatable bonds is 2. The highest BCUT2D eigenvalue weighted by Crippen LogP contribution is 2.33. The molecule has 96 valence electrons. The fourth-order valence-electron chi connectivity index (χ4n) is 2.42. The quantitative estimate of drug-likeness (QED) is 0.768. The monoisotopic (exact) mass is 282 g/mol. The van der Waals surface area contributed by atoms with Crippen LogP contribution in [0.1, 0.15) is 37.0 Å². The van der Waals surface area contributed by atoms with E-state index in [9.17, 15) is 0 Å². The molecule has 3 rings (SSSR count). The molecule has 2 aromatic rings. The summed E-state index contributed by atoms with van der Waals surface area (Å²) in [5.41, 5.74) is 0. The lowest BCUT2D eigenvalue weighted by molar-refractivity contribution is 0.151. The molecule has 0 amide bonds. The summed E-state index contributed by atoms with van der Waals surface area (Å²) in [6, 6.07) is 2.08. The van der Waals surface area contributed by atoms with E-state index in [0.29, 0.717) is 5.88 Å². The Labute approximate surface area is 115 Å². The van der Waals surface area contributed by atoms with E-state index in [0.717, 1.165) is 23.1 Å². The minimum atomic E-state index is 0.273. The fourth-order valence-corrected chi connectivity index (χ4v) is 3.50. The third-order valence-corrected chi connectivity index (χ3v) is 4.40. The minimum Gasteiger partial charge on any atom is -0.474 e. The van der Waals surface area contributed by atoms with Crippen LogP contribution in [0.15, 0.2) is 6.07 Å². The zero-order valence-corrected chi connectivity index (χ0v) is 11.9. The number of fused-ring (bicyclic) bond motifs is 1. The maximum atomic E-state index is 6.03. The van der Waals surface area contributed by atoms with Crippen molar-refractivity contribution in [1.82, 2.24) is 9.97 Å². The Kier molecular flexibility index (Phi) is 3.39. The van der Waals surface area contributed by atoms with Gasteiger partial charge in [-0.15, -0.1) is 11.3 Å². The Morgan fingerprint density at radius 1 is 1.28 bits per heavy atom. The van der Waals surface area contributed by atoms with Gasteiger partial charge < -0.3 is 4.74 Å². The predicted molar refractivity (Wildman–Crippen MR) is 74.7 cm³/mol. The van der Waals surface area contributed by atoms with Crippen molar-refractivity contribution in [1.29, 1.82) is 0 Å². The van der Waals surface area contributed by atoms with Gasteiger partial charge in [0.25, 0.3) is 0 Å². The second-order valence-electron chi connectivity index (χ2n) is 4.75. The summed E-state index contributed by atoms with van der Waals surface area (Å²) in [7, 11) is 0. The number of aryl methyl sites for hydroxylation is 1. The van der Waals surface area contributed by atoms with Crippen molar-refractivity contribution in [2.75, 3.05) is 0 Å². The first-order chi connectivity index (χ1) is 8.72. The Bertz CT molecular complexity index is 563. The van der Waals surface area contributed by atoms with Gasteiger partial charge in [0.05, 0.1) is 5.39 Å². The number of hydrogen-bond acceptors (Lipinski definition) is 4. The second-order valence-corrected chi connectivity index (χ2v) is 6.32. The molecule has 0 unspecified atom stereocenters. The summed E-state index contributed by atoms with van der Waals surface area (Å²) in [6.07, 6.45) is 6.33. The molecule has 5 heteroatoms. The molecule has 0 bridgehead atoms. The van der Waals surface area contributed by atoms with Crippen LogP contribution in [0.4, 0.5) is 0 Å². The smallest absolute Gasteiger partial charge is 0.227 e. The van der Waals surface area contributed by atoms with E-state index in [1.807, 2.05) is 0 Å². The van der Waals surface area contributed by atoms with Gasteiger partial charge in [0.15, 0.2) is 0 Å². The number of halogens is 1. The zero-order valence-electron chi connectivity index (χ0n) is 10.3. The van der Waals surface area contributed by atoms with Gasteiger partial charge in [0.1, 0.15) is 10.9 Å². The van der Waals surface area contributed by atoms with Crippen LogP contribution in [-0.2, 0) is 0 Å². The van der Waals surface area contributed by atoms with Crippen molar-refractivity contribution >= 4 is 33.2 Å². The third-order valence-electron chi connectivity index (χ3n) is 3.28. The van der Waals surface area contributed by atoms with Crippen LogP contribution >= 0.6 is 22.9 Å². The Morgan fingerprint density at radius 3 is 2.83 bits per heavy atom. The fraction of sp³-hybridized carbons (Fsp3) is 0.538. The Balaban J connectivity index is 1.94. The SMILES string of the molecule is Cc1cc2c(OC3CCCCC3)nc(Cl)nc2s1. The number of ether oxygens (including phenoxy) is 1. The van der Waals surface area contributed by atoms with E-state index in [2.05, 4.69) is 23.0 Å². The molecule has 1 aliphatic rings. The van der Waals surface area contributed by atoms with Crippen LogP contribution < -0.4 is 4.74 Å². The lowest BCUT2D eigenvalue weighted by Crippen LogP contribution is -2.20. The molecular formula is C13H15ClN2OS. The maximum Gasteiger partial charge on any atom is 0.227 e. The van der Waals surface area contributed by atoms with Gasteiger partial charge in [-0.2, -0.15) is 4.98 Å². The molecule has 1 saturated carbocycles. The van der Waals surface area contributed by atoms with E-state index >= 15 is 0 Å². The summed E-state index contributed by atoms with van der Waals surface area (Å²) < 4.78 is 6.03. The molecule has 2 aromatic heterocycles. The molecule has 0 aliphatic heterocycles. The third kappa shape index (κ3) is 2.45. The topological polar surface area (TPSA) is 35.0 Å². The molecule has 0 radical (unpaired) electrons. The van der Waals surface area contributed by atoms with Crippen LogP contribution in [0.3, 0.4) is 0 Å². The number of thiophene rings is 1. The summed E-state index contributed by atoms with van der Waals surface area (Å²) >= 11 is 7.58. The average molecular weight is 283 g/mol. The van der Waals surface area contributed by atoms with Gasteiger partial charge in [0, 0.05) is 4.88 Å². The van der Waals surface area contributed by atoms with Gasteiger partial charge in [-0.1, -0.05) is 6.42 Å². The van der Waals surface area contributed by atoms with Crippen LogP contribution in [0.2, 0.25) is 5.28 Å². The Hall–Kier alpha value is -0.870. The molecule has 2 heterocycles. The normalized spacial score (nSPS) is 17.2. The van der Waals surface area contributed by atoms with Crippen molar-refractivity contribution in [2.45, 2.75) is 45.1 Å². The molecular weight excluding hydrogens is 268 g/mol. The molecule has 1 fully saturated rings. The predicted octanol–water partition coefficient (Wildman–Crippen LogP) is 4.36. The largest absolute Gasteiger partial charge is 0.474 e. The number of aromatic nitrogens is 2. The van der Waals surface area contributed by atoms with Gasteiger partial charge in [-0.25, -0.2) is 4.98 Å². The minimum absolute atomic E-state index is 0.273. The first-order valence-corrected chi connectivity index (χ1v) is 7.52. The van der Waals surface area contributed by atoms with E-state index in [1.165, 1.54) is 24.1 Å². The Morgan fingerprint density at radius 2 is 2.06 bits per heavy atom. The van der Waals surface area contributed by atoms with E-state index in [1.54, 1.807) is 11.3 Å². The van der Waals surface area contributed by atoms with Crippen molar-refractivity contribution in [3.8, 4) is 5.88 Å². The van der Waals surface area contributed by atoms with Gasteiger partial charge in [-0.05, 0) is 50.3 Å². The molecule has 0 saturated heterocycles. The lowest BCUT2D eigenvalue weighted by atomic mass is 9.98. The van der Waals surface area contributed by atoms with Gasteiger partial charge in [-0.3, -0.25) is 0 Å². The highest BCUT2D eigenvalue weighted by atomic mass is 35.5. The van der Waals surface area contributed by atoms with Crippen molar-refractivity contribution in [3.05, 3.63) is 16.2 Å². The molecule has 1 aliphatic carbocycles. The van der Waals surface area contributed by atoms with Crippen LogP contribution in [0.25, 0.3) is 10.2 Å². The van der Waals surface area contributed by atoms with Crippen LogP contribution in [0, 0.1) is 6.92 Å². The summed E-state index contributed by atoms with van der Waals surface area (Å²) in [5.74, 6) is 0.654. The van der Waals surface area contributed by atoms with E-state index in [4.69, 9.17) is 16.3 Å². The summed E-state index contributed by atoms with van der Waals surface area (Å²) in [6.45, 7) is 2.06. The molecule has 0 spiro atoms. The number of hydrogen-bond donors (Lipinski definition) is 0. The van der Waals surface area contributed by atoms with Crippen molar-refractivity contribution in [2.24, 2.45) is 0 Å². The summed E-state index contributed by atoms with van der Waals surface area (Å²) in [4.78, 5) is 10.6. The first-order valence-electron chi connectivity index (χ1n) is 6.33. The standard InChI is InChI=1S/C13H15ClN2OS/c1-8-7-10-11(15-13(14)16-12(10)18-8)17-9-5-3-2-4-6-9/h7,9H,2-6H2,1H3. The van der Waals surface area contributed by atoms with Crippen LogP contribution in [-0.4, -0.2) is 16.1 Å². The lowest BCUT2D eigenvalue weighted by Gasteiger charge is -2.22. The molecule has 3 nitrogen and oxygen atoms in total. The molecule has 0 aromatic carbocycles. The molecule has 18 heavy (non-hydrogen) atoms. The molecule has 0 N–H and O–H groups in total. The van der Waals surface area contributed by atoms with E-state index < -0.39 is 0 Å². The second kappa shape index (κ2) is 5.02. The average Bonchev–Trinajstić information content (AvgIpc) is 2.71. The van der Waals surface area contributed by atoms with E-state index in [-0.39, 0.29) is 11.4 Å². The highest BCUT2D eigenvalue weighted by molar-refractivity contribution is 7.18. The van der Waals surface area contributed by atoms with Crippen molar-refractivity contribution < 1.29 is 4.74 Å². The highest BCUT2D eigenvalue weighted by Gasteiger charge is 2.18. The van der Waals surface area contributed by atoms with Gasteiger partial charge in [0.2, 0.25) is 11.2 Å². The maximum absolute atomic E-state index is 6.03. The van der Waals surface area contributed by atoms with Gasteiger partial charge >= 0.3 is 0 Å². The van der Waals surface area contributed by atoms with Crippen molar-refractivity contribution in [3.63, 3.8) is 0 Å². The van der Waals surface area contributed by atoms with Crippen LogP contribution in [0.5, 0.6) is 5.88 Å². The first kappa shape index (κ1) is 12.2. The molecule has 0 atom stereocenters. The summed E-state index contributed by atoms with van der Waals surface area (Å²) in [5, 5.41) is 1.27.